The van der Waals surface area contributed by atoms with Gasteiger partial charge in [0.05, 0.1) is 29.9 Å². The number of likely N-dealkylation sites (tertiary alicyclic amines) is 1. The minimum atomic E-state index is 0.457. The highest BCUT2D eigenvalue weighted by Crippen LogP contribution is 2.46. The summed E-state index contributed by atoms with van der Waals surface area (Å²) in [6.07, 6.45) is 8.81. The molecule has 0 aliphatic carbocycles. The Morgan fingerprint density at radius 1 is 1.16 bits per heavy atom. The molecular formula is C28H28N6O2S2. The molecule has 0 amide bonds. The predicted molar refractivity (Wildman–Crippen MR) is 152 cm³/mol. The first kappa shape index (κ1) is 26.1. The number of hydrogen-bond acceptors (Lipinski definition) is 10. The van der Waals surface area contributed by atoms with Crippen molar-refractivity contribution in [2.75, 3.05) is 38.7 Å². The molecule has 1 saturated heterocycles. The van der Waals surface area contributed by atoms with E-state index in [1.807, 2.05) is 42.5 Å². The number of nitrogens with one attached hydrogen (secondary N) is 1. The number of nitriles is 1. The molecule has 1 aliphatic heterocycles. The Bertz CT molecular complexity index is 1400. The Kier molecular flexibility index (Phi) is 8.83. The summed E-state index contributed by atoms with van der Waals surface area (Å²) < 4.78 is 12.1. The summed E-state index contributed by atoms with van der Waals surface area (Å²) in [7, 11) is 1.59. The lowest BCUT2D eigenvalue weighted by molar-refractivity contribution is 0.263. The van der Waals surface area contributed by atoms with Crippen LogP contribution in [0.5, 0.6) is 5.75 Å². The maximum atomic E-state index is 9.96. The summed E-state index contributed by atoms with van der Waals surface area (Å²) >= 11 is 2.64. The summed E-state index contributed by atoms with van der Waals surface area (Å²) in [6.45, 7) is 4.18. The van der Waals surface area contributed by atoms with Crippen molar-refractivity contribution >= 4 is 35.0 Å². The zero-order valence-corrected chi connectivity index (χ0v) is 22.7. The molecule has 4 aromatic rings. The second-order valence-electron chi connectivity index (χ2n) is 8.74. The van der Waals surface area contributed by atoms with E-state index in [0.717, 1.165) is 44.6 Å². The Labute approximate surface area is 230 Å². The molecule has 1 fully saturated rings. The van der Waals surface area contributed by atoms with Crippen molar-refractivity contribution in [1.82, 2.24) is 19.9 Å². The molecule has 0 unspecified atom stereocenters. The highest BCUT2D eigenvalue weighted by molar-refractivity contribution is 7.96. The van der Waals surface area contributed by atoms with Crippen LogP contribution in [0.2, 0.25) is 0 Å². The number of pyridine rings is 1. The number of hydrogen-bond donors (Lipinski definition) is 1. The van der Waals surface area contributed by atoms with Crippen LogP contribution in [-0.4, -0.2) is 53.2 Å². The van der Waals surface area contributed by atoms with Crippen molar-refractivity contribution in [1.29, 1.82) is 5.26 Å². The van der Waals surface area contributed by atoms with Gasteiger partial charge in [-0.05, 0) is 56.6 Å². The second-order valence-corrected chi connectivity index (χ2v) is 10.9. The molecule has 0 bridgehead atoms. The van der Waals surface area contributed by atoms with E-state index in [4.69, 9.17) is 13.9 Å². The van der Waals surface area contributed by atoms with Crippen LogP contribution in [0.15, 0.2) is 65.3 Å². The Hall–Kier alpha value is -3.49. The van der Waals surface area contributed by atoms with E-state index in [9.17, 15) is 5.26 Å². The van der Waals surface area contributed by atoms with E-state index in [1.165, 1.54) is 49.3 Å². The number of aromatic nitrogens is 3. The molecule has 5 rings (SSSR count). The van der Waals surface area contributed by atoms with Crippen molar-refractivity contribution in [3.8, 4) is 33.5 Å². The Morgan fingerprint density at radius 2 is 2.05 bits per heavy atom. The van der Waals surface area contributed by atoms with E-state index in [2.05, 4.69) is 26.3 Å². The van der Waals surface area contributed by atoms with E-state index >= 15 is 0 Å². The van der Waals surface area contributed by atoms with Gasteiger partial charge >= 0.3 is 0 Å². The summed E-state index contributed by atoms with van der Waals surface area (Å²) in [6, 6.07) is 15.8. The first-order valence-corrected chi connectivity index (χ1v) is 14.0. The largest absolute Gasteiger partial charge is 0.493 e. The highest BCUT2D eigenvalue weighted by Gasteiger charge is 2.23. The van der Waals surface area contributed by atoms with Crippen LogP contribution in [0.3, 0.4) is 0 Å². The van der Waals surface area contributed by atoms with Gasteiger partial charge in [0.1, 0.15) is 16.0 Å². The fourth-order valence-corrected chi connectivity index (χ4v) is 6.38. The van der Waals surface area contributed by atoms with E-state index in [-0.39, 0.29) is 0 Å². The lowest BCUT2D eigenvalue weighted by Gasteiger charge is -2.14. The molecule has 1 aromatic carbocycles. The van der Waals surface area contributed by atoms with Gasteiger partial charge in [0.25, 0.3) is 0 Å². The number of ether oxygens (including phenoxy) is 1. The summed E-state index contributed by atoms with van der Waals surface area (Å²) in [5.41, 5.74) is 3.74. The predicted octanol–water partition coefficient (Wildman–Crippen LogP) is 6.40. The van der Waals surface area contributed by atoms with Crippen LogP contribution in [0.25, 0.3) is 21.7 Å². The molecule has 1 aliphatic rings. The van der Waals surface area contributed by atoms with Gasteiger partial charge in [0.2, 0.25) is 5.95 Å². The number of nitrogens with zero attached hydrogens (tertiary/aromatic N) is 5. The number of rotatable bonds is 11. The minimum Gasteiger partial charge on any atom is -0.493 e. The SMILES string of the molecule is COSc1sc(-c2ccnc(Nc3cccc(OCCCN4CCCC4)c3)n2)c(-c2cccnc2)c1C#N. The smallest absolute Gasteiger partial charge is 0.227 e. The Morgan fingerprint density at radius 3 is 2.84 bits per heavy atom. The number of benzene rings is 1. The molecule has 38 heavy (non-hydrogen) atoms. The third-order valence-electron chi connectivity index (χ3n) is 6.16. The number of thiophene rings is 1. The minimum absolute atomic E-state index is 0.457. The fourth-order valence-electron chi connectivity index (χ4n) is 4.44. The average Bonchev–Trinajstić information content (AvgIpc) is 3.60. The van der Waals surface area contributed by atoms with Crippen LogP contribution in [0.1, 0.15) is 24.8 Å². The molecular weight excluding hydrogens is 516 g/mol. The van der Waals surface area contributed by atoms with Crippen molar-refractivity contribution < 1.29 is 8.92 Å². The zero-order chi connectivity index (χ0) is 26.2. The third-order valence-corrected chi connectivity index (χ3v) is 8.14. The second kappa shape index (κ2) is 12.8. The van der Waals surface area contributed by atoms with Gasteiger partial charge in [-0.2, -0.15) is 5.26 Å². The van der Waals surface area contributed by atoms with Crippen molar-refractivity contribution in [2.24, 2.45) is 0 Å². The molecule has 0 atom stereocenters. The van der Waals surface area contributed by atoms with Crippen LogP contribution >= 0.6 is 23.4 Å². The third kappa shape index (κ3) is 6.31. The van der Waals surface area contributed by atoms with Gasteiger partial charge < -0.3 is 19.1 Å². The van der Waals surface area contributed by atoms with Crippen molar-refractivity contribution in [3.05, 3.63) is 66.6 Å². The normalized spacial score (nSPS) is 13.4. The maximum Gasteiger partial charge on any atom is 0.227 e. The molecule has 1 N–H and O–H groups in total. The zero-order valence-electron chi connectivity index (χ0n) is 21.1. The quantitative estimate of drug-likeness (QED) is 0.170. The van der Waals surface area contributed by atoms with Gasteiger partial charge in [-0.15, -0.1) is 11.3 Å². The van der Waals surface area contributed by atoms with Crippen LogP contribution < -0.4 is 10.1 Å². The summed E-state index contributed by atoms with van der Waals surface area (Å²) in [5, 5.41) is 13.3. The van der Waals surface area contributed by atoms with Gasteiger partial charge in [0, 0.05) is 60.1 Å². The lowest BCUT2D eigenvalue weighted by Crippen LogP contribution is -2.21. The number of anilines is 2. The van der Waals surface area contributed by atoms with Crippen molar-refractivity contribution in [3.63, 3.8) is 0 Å². The Balaban J connectivity index is 1.34. The topological polar surface area (TPSA) is 96.2 Å². The molecule has 8 nitrogen and oxygen atoms in total. The van der Waals surface area contributed by atoms with Gasteiger partial charge in [-0.3, -0.25) is 4.98 Å². The molecule has 10 heteroatoms. The van der Waals surface area contributed by atoms with E-state index < -0.39 is 0 Å². The van der Waals surface area contributed by atoms with E-state index in [1.54, 1.807) is 25.7 Å². The standard InChI is InChI=1S/C28H28N6O2S2/c1-35-38-27-23(18-29)25(20-7-5-11-30-19-20)26(37-27)24-10-12-31-28(33-24)32-21-8-4-9-22(17-21)36-16-6-15-34-13-2-3-14-34/h4-5,7-12,17,19H,2-3,6,13-16H2,1H3,(H,31,32,33). The molecule has 194 valence electrons. The molecule has 0 radical (unpaired) electrons. The molecule has 0 saturated carbocycles. The lowest BCUT2D eigenvalue weighted by atomic mass is 10.0. The molecule has 3 aromatic heterocycles. The van der Waals surface area contributed by atoms with Crippen LogP contribution in [0.4, 0.5) is 11.6 Å². The maximum absolute atomic E-state index is 9.96. The van der Waals surface area contributed by atoms with Gasteiger partial charge in [0.15, 0.2) is 0 Å². The van der Waals surface area contributed by atoms with Crippen molar-refractivity contribution in [2.45, 2.75) is 23.5 Å². The van der Waals surface area contributed by atoms with E-state index in [0.29, 0.717) is 23.8 Å². The summed E-state index contributed by atoms with van der Waals surface area (Å²) in [5.74, 6) is 1.27. The first-order chi connectivity index (χ1) is 18.7. The fraction of sp³-hybridized carbons (Fsp3) is 0.286. The summed E-state index contributed by atoms with van der Waals surface area (Å²) in [4.78, 5) is 16.8. The van der Waals surface area contributed by atoms with Gasteiger partial charge in [-0.25, -0.2) is 9.97 Å². The van der Waals surface area contributed by atoms with Gasteiger partial charge in [-0.1, -0.05) is 12.1 Å². The average molecular weight is 545 g/mol. The molecule has 0 spiro atoms. The highest BCUT2D eigenvalue weighted by atomic mass is 32.2. The monoisotopic (exact) mass is 544 g/mol. The van der Waals surface area contributed by atoms with Crippen LogP contribution in [0, 0.1) is 11.3 Å². The molecule has 4 heterocycles. The first-order valence-electron chi connectivity index (χ1n) is 12.5. The van der Waals surface area contributed by atoms with Crippen LogP contribution in [-0.2, 0) is 4.18 Å².